The molecule has 0 aromatic heterocycles. The molecule has 0 radical (unpaired) electrons. The van der Waals surface area contributed by atoms with Crippen LogP contribution in [-0.2, 0) is 57.3 Å². The standard InChI is InChI=1S/C36H65N3O8.C21H39N3O6/c1-9-10-11-12-15-20-28(41)21-16-13-14-17-23-31(42)37-26-19-18-22-29(27(2)40)38-34(45)39-30(33(44)47-36(6,7)8)24-25-32(43)46-35(3,4)5;1-14(25)15(10-8-9-13-22)23-19(28)24-16(18(27)30-21(5,6)7)11-12-17(26)29-20(2,3)4/h29-30H,9-26H2,1-8H3,(H,37,42)(H2,38,39,45);15-16H,8-13,22H2,1-7H3,(H2,23,24,28)/p+1/t29-,30-;15-,16-/m00/s1. The van der Waals surface area contributed by atoms with Crippen molar-refractivity contribution in [3.63, 3.8) is 0 Å². The molecule has 5 amide bonds. The molecule has 0 rings (SSSR count). The first-order valence-corrected chi connectivity index (χ1v) is 28.2. The van der Waals surface area contributed by atoms with Gasteiger partial charge in [-0.2, -0.15) is 0 Å². The number of Topliss-reactive ketones (excluding diaryl/α,β-unsaturated/α-hetero) is 3. The third kappa shape index (κ3) is 45.6. The van der Waals surface area contributed by atoms with Crippen molar-refractivity contribution in [1.29, 1.82) is 0 Å². The molecule has 0 saturated carbocycles. The van der Waals surface area contributed by atoms with E-state index in [1.165, 1.54) is 33.1 Å². The summed E-state index contributed by atoms with van der Waals surface area (Å²) in [6.45, 7) is 26.9. The Morgan fingerprint density at radius 2 is 0.753 bits per heavy atom. The molecule has 0 unspecified atom stereocenters. The summed E-state index contributed by atoms with van der Waals surface area (Å²) in [7, 11) is 0. The Hall–Kier alpha value is -5.14. The van der Waals surface area contributed by atoms with Crippen LogP contribution in [0.15, 0.2) is 0 Å². The summed E-state index contributed by atoms with van der Waals surface area (Å²) in [4.78, 5) is 123. The Morgan fingerprint density at radius 1 is 0.403 bits per heavy atom. The molecule has 0 spiro atoms. The second-order valence-corrected chi connectivity index (χ2v) is 23.8. The fourth-order valence-electron chi connectivity index (χ4n) is 7.35. The molecule has 0 aliphatic heterocycles. The molecule has 0 aliphatic rings. The van der Waals surface area contributed by atoms with Crippen LogP contribution < -0.4 is 32.3 Å². The first-order chi connectivity index (χ1) is 35.6. The number of esters is 4. The third-order valence-electron chi connectivity index (χ3n) is 11.1. The van der Waals surface area contributed by atoms with Crippen molar-refractivity contribution in [3.8, 4) is 0 Å². The highest BCUT2D eigenvalue weighted by Gasteiger charge is 2.31. The van der Waals surface area contributed by atoms with Crippen LogP contribution in [0.2, 0.25) is 0 Å². The molecular weight excluding hydrogens is 993 g/mol. The minimum Gasteiger partial charge on any atom is -0.460 e. The van der Waals surface area contributed by atoms with Crippen LogP contribution in [0.5, 0.6) is 0 Å². The number of hydrogen-bond donors (Lipinski definition) is 6. The van der Waals surface area contributed by atoms with E-state index in [-0.39, 0.29) is 43.2 Å². The van der Waals surface area contributed by atoms with E-state index in [9.17, 15) is 47.9 Å². The summed E-state index contributed by atoms with van der Waals surface area (Å²) in [5.74, 6) is -2.41. The van der Waals surface area contributed by atoms with E-state index in [0.29, 0.717) is 57.3 Å². The van der Waals surface area contributed by atoms with Crippen molar-refractivity contribution in [2.45, 2.75) is 292 Å². The van der Waals surface area contributed by atoms with E-state index >= 15 is 0 Å². The van der Waals surface area contributed by atoms with Crippen molar-refractivity contribution in [2.24, 2.45) is 0 Å². The smallest absolute Gasteiger partial charge is 0.329 e. The Bertz CT molecular complexity index is 1810. The quantitative estimate of drug-likeness (QED) is 0.0196. The largest absolute Gasteiger partial charge is 0.460 e. The topological polar surface area (TPSA) is 295 Å². The molecule has 0 bridgehead atoms. The normalized spacial score (nSPS) is 13.2. The fraction of sp³-hybridized carbons (Fsp3) is 0.825. The minimum atomic E-state index is -1.11. The molecule has 77 heavy (non-hydrogen) atoms. The van der Waals surface area contributed by atoms with E-state index < -0.39 is 82.5 Å². The number of ether oxygens (including phenoxy) is 4. The fourth-order valence-corrected chi connectivity index (χ4v) is 7.35. The van der Waals surface area contributed by atoms with Crippen molar-refractivity contribution >= 4 is 59.2 Å². The number of ketones is 3. The van der Waals surface area contributed by atoms with Gasteiger partial charge in [-0.15, -0.1) is 0 Å². The van der Waals surface area contributed by atoms with Crippen LogP contribution in [0.1, 0.15) is 245 Å². The maximum atomic E-state index is 12.8. The van der Waals surface area contributed by atoms with Gasteiger partial charge >= 0.3 is 35.9 Å². The maximum absolute atomic E-state index is 12.8. The van der Waals surface area contributed by atoms with Gasteiger partial charge in [-0.05, 0) is 168 Å². The van der Waals surface area contributed by atoms with Gasteiger partial charge in [0.2, 0.25) is 5.91 Å². The highest BCUT2D eigenvalue weighted by Crippen LogP contribution is 2.17. The van der Waals surface area contributed by atoms with Gasteiger partial charge in [0.25, 0.3) is 0 Å². The van der Waals surface area contributed by atoms with Crippen LogP contribution in [0.25, 0.3) is 0 Å². The second-order valence-electron chi connectivity index (χ2n) is 23.8. The molecule has 0 heterocycles. The number of nitrogens with one attached hydrogen (secondary N) is 5. The summed E-state index contributed by atoms with van der Waals surface area (Å²) in [6, 6.07) is -4.97. The lowest BCUT2D eigenvalue weighted by Gasteiger charge is -2.26. The highest BCUT2D eigenvalue weighted by molar-refractivity contribution is 5.90. The summed E-state index contributed by atoms with van der Waals surface area (Å²) in [6.07, 6.45) is 14.6. The van der Waals surface area contributed by atoms with Crippen LogP contribution in [0.3, 0.4) is 0 Å². The average Bonchev–Trinajstić information content (AvgIpc) is 3.27. The number of rotatable bonds is 36. The van der Waals surface area contributed by atoms with E-state index in [1.807, 2.05) is 0 Å². The molecule has 0 saturated heterocycles. The number of amides is 5. The van der Waals surface area contributed by atoms with Gasteiger partial charge in [-0.25, -0.2) is 19.2 Å². The SMILES string of the molecule is CC(=O)[C@H](CCCC[NH3+])NC(=O)N[C@@H](CCC(=O)OC(C)(C)C)C(=O)OC(C)(C)C.CCCCCCCC(=O)CCCCCCC(=O)NCCCC[C@H](NC(=O)N[C@@H](CCC(=O)OC(C)(C)C)C(=O)OC(C)(C)C)C(C)=O. The lowest BCUT2D eigenvalue weighted by atomic mass is 10.0. The number of carbonyl (C=O) groups excluding carboxylic acids is 10. The lowest BCUT2D eigenvalue weighted by molar-refractivity contribution is -0.368. The van der Waals surface area contributed by atoms with Gasteiger partial charge in [0.15, 0.2) is 11.6 Å². The number of unbranched alkanes of at least 4 members (excludes halogenated alkanes) is 9. The maximum Gasteiger partial charge on any atom is 0.329 e. The van der Waals surface area contributed by atoms with Gasteiger partial charge in [0, 0.05) is 38.6 Å². The molecular formula is C57H105N6O14+. The Balaban J connectivity index is 0. The zero-order valence-electron chi connectivity index (χ0n) is 50.2. The number of quaternary nitrogens is 1. The van der Waals surface area contributed by atoms with Gasteiger partial charge < -0.3 is 51.3 Å². The first kappa shape index (κ1) is 73.9. The monoisotopic (exact) mass is 1100 g/mol. The lowest BCUT2D eigenvalue weighted by Crippen LogP contribution is -2.52. The number of urea groups is 2. The van der Waals surface area contributed by atoms with Gasteiger partial charge in [0.1, 0.15) is 40.3 Å². The van der Waals surface area contributed by atoms with E-state index in [2.05, 4.69) is 39.2 Å². The number of carbonyl (C=O) groups is 10. The molecule has 20 nitrogen and oxygen atoms in total. The second kappa shape index (κ2) is 39.3. The van der Waals surface area contributed by atoms with Gasteiger partial charge in [0.05, 0.1) is 18.6 Å². The van der Waals surface area contributed by atoms with Gasteiger partial charge in [-0.1, -0.05) is 45.4 Å². The third-order valence-corrected chi connectivity index (χ3v) is 11.1. The highest BCUT2D eigenvalue weighted by atomic mass is 16.6. The Morgan fingerprint density at radius 3 is 1.10 bits per heavy atom. The predicted octanol–water partition coefficient (Wildman–Crippen LogP) is 8.12. The minimum absolute atomic E-state index is 0.0174. The molecule has 446 valence electrons. The zero-order valence-corrected chi connectivity index (χ0v) is 50.2. The molecule has 0 aromatic carbocycles. The van der Waals surface area contributed by atoms with Crippen LogP contribution in [-0.4, -0.2) is 119 Å². The summed E-state index contributed by atoms with van der Waals surface area (Å²) < 4.78 is 21.3. The molecule has 0 fully saturated rings. The van der Waals surface area contributed by atoms with Crippen molar-refractivity contribution < 1.29 is 72.6 Å². The molecule has 0 aliphatic carbocycles. The van der Waals surface area contributed by atoms with Crippen LogP contribution in [0.4, 0.5) is 9.59 Å². The Labute approximate surface area is 461 Å². The van der Waals surface area contributed by atoms with E-state index in [1.54, 1.807) is 83.1 Å². The summed E-state index contributed by atoms with van der Waals surface area (Å²) >= 11 is 0. The summed E-state index contributed by atoms with van der Waals surface area (Å²) in [5, 5.41) is 13.2. The van der Waals surface area contributed by atoms with Crippen LogP contribution in [0, 0.1) is 0 Å². The van der Waals surface area contributed by atoms with Crippen molar-refractivity contribution in [2.75, 3.05) is 13.1 Å². The predicted molar refractivity (Wildman–Crippen MR) is 296 cm³/mol. The average molecular weight is 1100 g/mol. The van der Waals surface area contributed by atoms with Crippen LogP contribution >= 0.6 is 0 Å². The van der Waals surface area contributed by atoms with Gasteiger partial charge in [-0.3, -0.25) is 28.8 Å². The summed E-state index contributed by atoms with van der Waals surface area (Å²) in [5.41, 5.74) is 0.874. The van der Waals surface area contributed by atoms with Crippen molar-refractivity contribution in [3.05, 3.63) is 0 Å². The molecule has 20 heteroatoms. The Kier molecular flexibility index (Phi) is 37.7. The van der Waals surface area contributed by atoms with Crippen molar-refractivity contribution in [1.82, 2.24) is 26.6 Å². The molecule has 4 atom stereocenters. The van der Waals surface area contributed by atoms with E-state index in [4.69, 9.17) is 18.9 Å². The molecule has 0 aromatic rings. The first-order valence-electron chi connectivity index (χ1n) is 28.2. The number of hydrogen-bond acceptors (Lipinski definition) is 14. The zero-order chi connectivity index (χ0) is 59.4. The van der Waals surface area contributed by atoms with E-state index in [0.717, 1.165) is 57.9 Å². The molecule has 8 N–H and O–H groups in total.